The number of hydrogen-bond acceptors (Lipinski definition) is 3. The normalized spacial score (nSPS) is 13.0. The van der Waals surface area contributed by atoms with Crippen molar-refractivity contribution in [2.75, 3.05) is 26.6 Å². The van der Waals surface area contributed by atoms with Gasteiger partial charge in [0.15, 0.2) is 17.5 Å². The number of ether oxygens (including phenoxy) is 2. The van der Waals surface area contributed by atoms with E-state index >= 15 is 0 Å². The average molecular weight is 396 g/mol. The molecule has 0 saturated heterocycles. The molecule has 1 unspecified atom stereocenters. The van der Waals surface area contributed by atoms with E-state index in [2.05, 4.69) is 5.32 Å². The number of anilines is 1. The van der Waals surface area contributed by atoms with Crippen LogP contribution in [0, 0.1) is 12.7 Å². The van der Waals surface area contributed by atoms with E-state index in [-0.39, 0.29) is 17.0 Å². The van der Waals surface area contributed by atoms with Gasteiger partial charge in [0.2, 0.25) is 0 Å². The van der Waals surface area contributed by atoms with Crippen molar-refractivity contribution in [2.24, 2.45) is 0 Å². The molecule has 146 valence electrons. The third-order valence-electron chi connectivity index (χ3n) is 4.63. The van der Waals surface area contributed by atoms with E-state index < -0.39 is 5.82 Å². The lowest BCUT2D eigenvalue weighted by Gasteiger charge is -2.22. The van der Waals surface area contributed by atoms with Crippen LogP contribution in [0.5, 0.6) is 11.5 Å². The fourth-order valence-corrected chi connectivity index (χ4v) is 2.94. The summed E-state index contributed by atoms with van der Waals surface area (Å²) in [6, 6.07) is 7.39. The minimum absolute atomic E-state index is 0.170. The highest BCUT2D eigenvalue weighted by Crippen LogP contribution is 2.30. The second-order valence-electron chi connectivity index (χ2n) is 6.49. The van der Waals surface area contributed by atoms with Crippen LogP contribution in [0.3, 0.4) is 0 Å². The molecule has 2 atom stereocenters. The van der Waals surface area contributed by atoms with E-state index in [0.717, 1.165) is 16.0 Å². The van der Waals surface area contributed by atoms with Crippen molar-refractivity contribution in [2.45, 2.75) is 26.4 Å². The molecule has 2 rings (SSSR count). The van der Waals surface area contributed by atoms with Crippen molar-refractivity contribution in [1.29, 1.82) is 0 Å². The molecule has 0 aliphatic heterocycles. The second kappa shape index (κ2) is 9.06. The van der Waals surface area contributed by atoms with Crippen molar-refractivity contribution in [3.8, 4) is 11.5 Å². The Kier molecular flexibility index (Phi) is 7.05. The predicted octanol–water partition coefficient (Wildman–Crippen LogP) is 2.85. The number of rotatable bonds is 7. The number of hydrogen-bond donors (Lipinski definition) is 2. The monoisotopic (exact) mass is 395 g/mol. The number of carbonyl (C=O) groups is 1. The van der Waals surface area contributed by atoms with Gasteiger partial charge in [0.05, 0.1) is 32.0 Å². The molecule has 0 bridgehead atoms. The van der Waals surface area contributed by atoms with Gasteiger partial charge >= 0.3 is 0 Å². The lowest BCUT2D eigenvalue weighted by Crippen LogP contribution is -3.12. The van der Waals surface area contributed by atoms with Gasteiger partial charge in [-0.3, -0.25) is 4.79 Å². The van der Waals surface area contributed by atoms with Crippen LogP contribution in [0.15, 0.2) is 30.3 Å². The predicted molar refractivity (Wildman–Crippen MR) is 104 cm³/mol. The first-order valence-electron chi connectivity index (χ1n) is 8.56. The van der Waals surface area contributed by atoms with E-state index in [4.69, 9.17) is 21.1 Å². The Morgan fingerprint density at radius 1 is 1.22 bits per heavy atom. The topological polar surface area (TPSA) is 52.0 Å². The van der Waals surface area contributed by atoms with Crippen LogP contribution in [0.2, 0.25) is 5.02 Å². The third kappa shape index (κ3) is 5.11. The molecule has 0 saturated carbocycles. The van der Waals surface area contributed by atoms with Crippen molar-refractivity contribution < 1.29 is 23.6 Å². The van der Waals surface area contributed by atoms with Gasteiger partial charge in [0, 0.05) is 5.56 Å². The molecule has 0 aliphatic carbocycles. The van der Waals surface area contributed by atoms with Gasteiger partial charge in [-0.2, -0.15) is 0 Å². The first kappa shape index (κ1) is 21.0. The summed E-state index contributed by atoms with van der Waals surface area (Å²) in [4.78, 5) is 13.5. The molecule has 0 spiro atoms. The molecule has 2 N–H and O–H groups in total. The molecule has 0 aliphatic rings. The number of halogens is 2. The van der Waals surface area contributed by atoms with Crippen LogP contribution >= 0.6 is 11.6 Å². The molecule has 2 aromatic rings. The van der Waals surface area contributed by atoms with Gasteiger partial charge in [-0.05, 0) is 49.7 Å². The number of nitrogens with one attached hydrogen (secondary N) is 2. The molecule has 0 radical (unpaired) electrons. The summed E-state index contributed by atoms with van der Waals surface area (Å²) in [6.07, 6.45) is 0. The Hall–Kier alpha value is -2.31. The van der Waals surface area contributed by atoms with Crippen molar-refractivity contribution in [3.63, 3.8) is 0 Å². The average Bonchev–Trinajstić information content (AvgIpc) is 2.64. The summed E-state index contributed by atoms with van der Waals surface area (Å²) >= 11 is 5.98. The molecular formula is C20H25ClFN2O3+. The summed E-state index contributed by atoms with van der Waals surface area (Å²) in [6.45, 7) is 4.45. The molecule has 27 heavy (non-hydrogen) atoms. The zero-order valence-electron chi connectivity index (χ0n) is 16.2. The SMILES string of the molecule is COc1cc(C)c(C[NH+](C)[C@@H](C)C(=O)Nc2ccc(F)cc2Cl)cc1OC. The summed E-state index contributed by atoms with van der Waals surface area (Å²) in [5.41, 5.74) is 2.51. The van der Waals surface area contributed by atoms with Crippen LogP contribution < -0.4 is 19.7 Å². The number of carbonyl (C=O) groups excluding carboxylic acids is 1. The Morgan fingerprint density at radius 2 is 1.85 bits per heavy atom. The van der Waals surface area contributed by atoms with Crippen molar-refractivity contribution >= 4 is 23.2 Å². The Labute approximate surface area is 164 Å². The molecule has 0 heterocycles. The molecule has 7 heteroatoms. The fraction of sp³-hybridized carbons (Fsp3) is 0.350. The number of quaternary nitrogens is 1. The van der Waals surface area contributed by atoms with Gasteiger partial charge in [-0.25, -0.2) is 4.39 Å². The fourth-order valence-electron chi connectivity index (χ4n) is 2.72. The number of methoxy groups -OCH3 is 2. The van der Waals surface area contributed by atoms with Crippen LogP contribution in [0.1, 0.15) is 18.1 Å². The summed E-state index contributed by atoms with van der Waals surface area (Å²) in [5, 5.41) is 2.93. The quantitative estimate of drug-likeness (QED) is 0.758. The lowest BCUT2D eigenvalue weighted by molar-refractivity contribution is -0.907. The van der Waals surface area contributed by atoms with Gasteiger partial charge in [-0.1, -0.05) is 11.6 Å². The maximum absolute atomic E-state index is 13.1. The first-order chi connectivity index (χ1) is 12.8. The van der Waals surface area contributed by atoms with E-state index in [9.17, 15) is 9.18 Å². The largest absolute Gasteiger partial charge is 0.493 e. The van der Waals surface area contributed by atoms with E-state index in [1.165, 1.54) is 18.2 Å². The van der Waals surface area contributed by atoms with E-state index in [0.29, 0.717) is 23.7 Å². The first-order valence-corrected chi connectivity index (χ1v) is 8.94. The Morgan fingerprint density at radius 3 is 2.44 bits per heavy atom. The summed E-state index contributed by atoms with van der Waals surface area (Å²) < 4.78 is 23.8. The summed E-state index contributed by atoms with van der Waals surface area (Å²) in [7, 11) is 5.13. The van der Waals surface area contributed by atoms with Crippen molar-refractivity contribution in [1.82, 2.24) is 0 Å². The summed E-state index contributed by atoms with van der Waals surface area (Å²) in [5.74, 6) is 0.686. The van der Waals surface area contributed by atoms with Gasteiger partial charge in [0.1, 0.15) is 12.4 Å². The standard InChI is InChI=1S/C20H24ClFN2O3/c1-12-8-18(26-4)19(27-5)9-14(12)11-24(3)13(2)20(25)23-17-7-6-15(22)10-16(17)21/h6-10,13H,11H2,1-5H3,(H,23,25)/p+1/t13-/m0/s1. The maximum atomic E-state index is 13.1. The molecular weight excluding hydrogens is 371 g/mol. The smallest absolute Gasteiger partial charge is 0.282 e. The second-order valence-corrected chi connectivity index (χ2v) is 6.90. The van der Waals surface area contributed by atoms with Crippen LogP contribution in [0.25, 0.3) is 0 Å². The zero-order chi connectivity index (χ0) is 20.1. The number of likely N-dealkylation sites (N-methyl/N-ethyl adjacent to an activating group) is 1. The zero-order valence-corrected chi connectivity index (χ0v) is 16.9. The molecule has 1 amide bonds. The Bertz CT molecular complexity index is 829. The minimum atomic E-state index is -0.447. The number of aryl methyl sites for hydroxylation is 1. The third-order valence-corrected chi connectivity index (χ3v) is 4.95. The van der Waals surface area contributed by atoms with Gasteiger partial charge in [0.25, 0.3) is 5.91 Å². The highest BCUT2D eigenvalue weighted by molar-refractivity contribution is 6.33. The van der Waals surface area contributed by atoms with Crippen LogP contribution in [-0.2, 0) is 11.3 Å². The minimum Gasteiger partial charge on any atom is -0.493 e. The van der Waals surface area contributed by atoms with E-state index in [1.807, 2.05) is 33.0 Å². The van der Waals surface area contributed by atoms with E-state index in [1.54, 1.807) is 14.2 Å². The molecule has 2 aromatic carbocycles. The van der Waals surface area contributed by atoms with Gasteiger partial charge in [-0.15, -0.1) is 0 Å². The number of amides is 1. The molecule has 0 aromatic heterocycles. The number of benzene rings is 2. The Balaban J connectivity index is 2.10. The van der Waals surface area contributed by atoms with Crippen LogP contribution in [0.4, 0.5) is 10.1 Å². The highest BCUT2D eigenvalue weighted by atomic mass is 35.5. The highest BCUT2D eigenvalue weighted by Gasteiger charge is 2.24. The van der Waals surface area contributed by atoms with Gasteiger partial charge < -0.3 is 19.7 Å². The lowest BCUT2D eigenvalue weighted by atomic mass is 10.1. The maximum Gasteiger partial charge on any atom is 0.282 e. The molecule has 5 nitrogen and oxygen atoms in total. The van der Waals surface area contributed by atoms with Crippen LogP contribution in [-0.4, -0.2) is 33.2 Å². The molecule has 0 fully saturated rings. The van der Waals surface area contributed by atoms with Crippen molar-refractivity contribution in [3.05, 3.63) is 52.3 Å².